The lowest BCUT2D eigenvalue weighted by Crippen LogP contribution is -2.27. The van der Waals surface area contributed by atoms with Crippen LogP contribution in [0.4, 0.5) is 0 Å². The van der Waals surface area contributed by atoms with Crippen LogP contribution in [0, 0.1) is 0 Å². The summed E-state index contributed by atoms with van der Waals surface area (Å²) in [5, 5.41) is 15.4. The van der Waals surface area contributed by atoms with E-state index in [1.54, 1.807) is 6.07 Å². The lowest BCUT2D eigenvalue weighted by molar-refractivity contribution is -0.137. The summed E-state index contributed by atoms with van der Waals surface area (Å²) in [6, 6.07) is 14.9. The highest BCUT2D eigenvalue weighted by molar-refractivity contribution is 9.10. The molecular formula is C20H18BrClN2O3. The number of carbonyl (C=O) groups is 2. The van der Waals surface area contributed by atoms with Gasteiger partial charge in [0, 0.05) is 28.8 Å². The molecule has 0 fully saturated rings. The fraction of sp³-hybridized carbons (Fsp3) is 0.250. The summed E-state index contributed by atoms with van der Waals surface area (Å²) in [4.78, 5) is 23.5. The van der Waals surface area contributed by atoms with Gasteiger partial charge in [0.2, 0.25) is 5.91 Å². The van der Waals surface area contributed by atoms with Gasteiger partial charge in [-0.3, -0.25) is 9.59 Å². The monoisotopic (exact) mass is 448 g/mol. The Balaban J connectivity index is 1.87. The SMILES string of the molecule is O=C(O)CCCC(=O)N1N=C(c2ccc(Br)cc2)C[C@H]1c1ccccc1Cl. The van der Waals surface area contributed by atoms with Gasteiger partial charge in [-0.1, -0.05) is 57.9 Å². The molecule has 0 bridgehead atoms. The zero-order valence-corrected chi connectivity index (χ0v) is 16.8. The van der Waals surface area contributed by atoms with E-state index < -0.39 is 5.97 Å². The summed E-state index contributed by atoms with van der Waals surface area (Å²) in [5.41, 5.74) is 2.58. The van der Waals surface area contributed by atoms with Crippen molar-refractivity contribution in [1.29, 1.82) is 0 Å². The van der Waals surface area contributed by atoms with E-state index in [-0.39, 0.29) is 31.2 Å². The number of halogens is 2. The van der Waals surface area contributed by atoms with Gasteiger partial charge in [-0.25, -0.2) is 5.01 Å². The van der Waals surface area contributed by atoms with Crippen molar-refractivity contribution in [1.82, 2.24) is 5.01 Å². The summed E-state index contributed by atoms with van der Waals surface area (Å²) in [6.07, 6.45) is 0.920. The van der Waals surface area contributed by atoms with Crippen molar-refractivity contribution in [2.24, 2.45) is 5.10 Å². The Bertz CT molecular complexity index is 883. The number of aliphatic carboxylic acids is 1. The first-order valence-electron chi connectivity index (χ1n) is 8.57. The van der Waals surface area contributed by atoms with E-state index in [0.29, 0.717) is 11.4 Å². The van der Waals surface area contributed by atoms with Crippen molar-refractivity contribution in [3.8, 4) is 0 Å². The van der Waals surface area contributed by atoms with E-state index in [9.17, 15) is 9.59 Å². The van der Waals surface area contributed by atoms with Crippen molar-refractivity contribution < 1.29 is 14.7 Å². The predicted molar refractivity (Wildman–Crippen MR) is 108 cm³/mol. The van der Waals surface area contributed by atoms with E-state index in [0.717, 1.165) is 21.3 Å². The Hall–Kier alpha value is -2.18. The van der Waals surface area contributed by atoms with Gasteiger partial charge in [-0.15, -0.1) is 0 Å². The van der Waals surface area contributed by atoms with Crippen LogP contribution in [0.3, 0.4) is 0 Å². The molecule has 0 spiro atoms. The summed E-state index contributed by atoms with van der Waals surface area (Å²) in [6.45, 7) is 0. The van der Waals surface area contributed by atoms with Gasteiger partial charge in [0.1, 0.15) is 0 Å². The quantitative estimate of drug-likeness (QED) is 0.672. The number of hydrogen-bond donors (Lipinski definition) is 1. The Labute approximate surface area is 170 Å². The molecule has 2 aromatic rings. The zero-order chi connectivity index (χ0) is 19.4. The van der Waals surface area contributed by atoms with Crippen molar-refractivity contribution >= 4 is 45.1 Å². The molecule has 1 aliphatic rings. The first-order chi connectivity index (χ1) is 13.0. The molecular weight excluding hydrogens is 432 g/mol. The first kappa shape index (κ1) is 19.6. The number of carbonyl (C=O) groups excluding carboxylic acids is 1. The molecule has 2 aromatic carbocycles. The highest BCUT2D eigenvalue weighted by atomic mass is 79.9. The van der Waals surface area contributed by atoms with Crippen LogP contribution in [0.5, 0.6) is 0 Å². The molecule has 1 atom stereocenters. The fourth-order valence-corrected chi connectivity index (χ4v) is 3.58. The van der Waals surface area contributed by atoms with Gasteiger partial charge >= 0.3 is 5.97 Å². The number of amides is 1. The first-order valence-corrected chi connectivity index (χ1v) is 9.74. The Morgan fingerprint density at radius 1 is 1.15 bits per heavy atom. The highest BCUT2D eigenvalue weighted by Gasteiger charge is 2.33. The number of rotatable bonds is 6. The number of carboxylic acids is 1. The van der Waals surface area contributed by atoms with Gasteiger partial charge < -0.3 is 5.11 Å². The molecule has 0 saturated heterocycles. The average Bonchev–Trinajstić information content (AvgIpc) is 3.07. The van der Waals surface area contributed by atoms with Crippen LogP contribution >= 0.6 is 27.5 Å². The maximum atomic E-state index is 12.7. The second kappa shape index (κ2) is 8.67. The largest absolute Gasteiger partial charge is 0.481 e. The summed E-state index contributed by atoms with van der Waals surface area (Å²) < 4.78 is 0.967. The van der Waals surface area contributed by atoms with Crippen LogP contribution in [0.2, 0.25) is 5.02 Å². The standard InChI is InChI=1S/C20H18BrClN2O3/c21-14-10-8-13(9-11-14)17-12-18(15-4-1-2-5-16(15)22)24(23-17)19(25)6-3-7-20(26)27/h1-2,4-5,8-11,18H,3,6-7,12H2,(H,26,27)/t18-/m0/s1. The van der Waals surface area contributed by atoms with Crippen LogP contribution in [0.15, 0.2) is 58.1 Å². The molecule has 140 valence electrons. The molecule has 1 aliphatic heterocycles. The minimum atomic E-state index is -0.911. The smallest absolute Gasteiger partial charge is 0.303 e. The number of hydrogen-bond acceptors (Lipinski definition) is 3. The summed E-state index contributed by atoms with van der Waals surface area (Å²) >= 11 is 9.78. The molecule has 5 nitrogen and oxygen atoms in total. The molecule has 7 heteroatoms. The molecule has 3 rings (SSSR count). The Morgan fingerprint density at radius 3 is 2.52 bits per heavy atom. The van der Waals surface area contributed by atoms with E-state index in [1.165, 1.54) is 5.01 Å². The average molecular weight is 450 g/mol. The summed E-state index contributed by atoms with van der Waals surface area (Å²) in [5.74, 6) is -1.11. The minimum absolute atomic E-state index is 0.0420. The van der Waals surface area contributed by atoms with E-state index in [4.69, 9.17) is 16.7 Å². The van der Waals surface area contributed by atoms with Gasteiger partial charge in [-0.2, -0.15) is 5.10 Å². The summed E-state index contributed by atoms with van der Waals surface area (Å²) in [7, 11) is 0. The zero-order valence-electron chi connectivity index (χ0n) is 14.4. The van der Waals surface area contributed by atoms with Crippen molar-refractivity contribution in [3.63, 3.8) is 0 Å². The lowest BCUT2D eigenvalue weighted by atomic mass is 9.98. The molecule has 1 amide bonds. The van der Waals surface area contributed by atoms with Gasteiger partial charge in [0.05, 0.1) is 11.8 Å². The maximum absolute atomic E-state index is 12.7. The number of carboxylic acid groups (broad SMARTS) is 1. The number of nitrogens with zero attached hydrogens (tertiary/aromatic N) is 2. The van der Waals surface area contributed by atoms with Gasteiger partial charge in [0.15, 0.2) is 0 Å². The van der Waals surface area contributed by atoms with Crippen molar-refractivity contribution in [3.05, 3.63) is 69.2 Å². The minimum Gasteiger partial charge on any atom is -0.481 e. The lowest BCUT2D eigenvalue weighted by Gasteiger charge is -2.22. The van der Waals surface area contributed by atoms with Crippen molar-refractivity contribution in [2.75, 3.05) is 0 Å². The molecule has 0 aliphatic carbocycles. The van der Waals surface area contributed by atoms with Crippen LogP contribution in [-0.4, -0.2) is 27.7 Å². The molecule has 0 unspecified atom stereocenters. The van der Waals surface area contributed by atoms with Crippen LogP contribution < -0.4 is 0 Å². The molecule has 0 aromatic heterocycles. The second-order valence-corrected chi connectivity index (χ2v) is 7.60. The van der Waals surface area contributed by atoms with Gasteiger partial charge in [0.25, 0.3) is 0 Å². The number of hydrazone groups is 1. The topological polar surface area (TPSA) is 70.0 Å². The van der Waals surface area contributed by atoms with Crippen molar-refractivity contribution in [2.45, 2.75) is 31.7 Å². The van der Waals surface area contributed by atoms with E-state index >= 15 is 0 Å². The van der Waals surface area contributed by atoms with Crippen LogP contribution in [0.1, 0.15) is 42.9 Å². The third kappa shape index (κ3) is 4.76. The normalized spacial score (nSPS) is 16.3. The van der Waals surface area contributed by atoms with Crippen LogP contribution in [0.25, 0.3) is 0 Å². The molecule has 1 N–H and O–H groups in total. The fourth-order valence-electron chi connectivity index (χ4n) is 3.05. The Kier molecular flexibility index (Phi) is 6.29. The molecule has 0 radical (unpaired) electrons. The predicted octanol–water partition coefficient (Wildman–Crippen LogP) is 5.04. The third-order valence-electron chi connectivity index (χ3n) is 4.39. The van der Waals surface area contributed by atoms with E-state index in [2.05, 4.69) is 21.0 Å². The molecule has 27 heavy (non-hydrogen) atoms. The second-order valence-electron chi connectivity index (χ2n) is 6.28. The van der Waals surface area contributed by atoms with E-state index in [1.807, 2.05) is 42.5 Å². The third-order valence-corrected chi connectivity index (χ3v) is 5.26. The maximum Gasteiger partial charge on any atom is 0.303 e. The highest BCUT2D eigenvalue weighted by Crippen LogP contribution is 2.36. The number of benzene rings is 2. The molecule has 1 heterocycles. The molecule has 0 saturated carbocycles. The van der Waals surface area contributed by atoms with Gasteiger partial charge in [-0.05, 0) is 35.7 Å². The van der Waals surface area contributed by atoms with Crippen LogP contribution in [-0.2, 0) is 9.59 Å². The Morgan fingerprint density at radius 2 is 1.85 bits per heavy atom.